The van der Waals surface area contributed by atoms with Crippen LogP contribution in [0.1, 0.15) is 18.9 Å². The molecule has 0 aliphatic heterocycles. The number of nitrogens with one attached hydrogen (secondary N) is 2. The molecule has 1 fully saturated rings. The molecule has 2 aromatic heterocycles. The normalized spacial score (nSPS) is 16.3. The molecule has 0 unspecified atom stereocenters. The first-order chi connectivity index (χ1) is 6.77. The van der Waals surface area contributed by atoms with E-state index in [9.17, 15) is 9.59 Å². The second kappa shape index (κ2) is 2.34. The quantitative estimate of drug-likeness (QED) is 0.653. The van der Waals surface area contributed by atoms with Crippen molar-refractivity contribution in [3.8, 4) is 0 Å². The molecule has 14 heavy (non-hydrogen) atoms. The van der Waals surface area contributed by atoms with Crippen molar-refractivity contribution in [2.75, 3.05) is 0 Å². The first kappa shape index (κ1) is 7.54. The summed E-state index contributed by atoms with van der Waals surface area (Å²) in [6.07, 6.45) is 3.39. The van der Waals surface area contributed by atoms with E-state index in [-0.39, 0.29) is 11.7 Å². The van der Waals surface area contributed by atoms with Gasteiger partial charge < -0.3 is 4.98 Å². The first-order valence-electron chi connectivity index (χ1n) is 4.45. The Labute approximate surface area is 77.6 Å². The summed E-state index contributed by atoms with van der Waals surface area (Å²) in [7, 11) is 0. The number of imidazole rings is 1. The van der Waals surface area contributed by atoms with Gasteiger partial charge in [0.2, 0.25) is 0 Å². The molecule has 3 rings (SSSR count). The maximum atomic E-state index is 11.5. The predicted molar refractivity (Wildman–Crippen MR) is 49.2 cm³/mol. The van der Waals surface area contributed by atoms with Crippen LogP contribution < -0.4 is 11.2 Å². The van der Waals surface area contributed by atoms with Gasteiger partial charge in [0.25, 0.3) is 5.56 Å². The van der Waals surface area contributed by atoms with Crippen LogP contribution in [-0.4, -0.2) is 19.5 Å². The van der Waals surface area contributed by atoms with Gasteiger partial charge in [-0.15, -0.1) is 0 Å². The van der Waals surface area contributed by atoms with Crippen LogP contribution in [-0.2, 0) is 0 Å². The summed E-state index contributed by atoms with van der Waals surface area (Å²) in [6, 6.07) is 0.213. The molecule has 0 aromatic carbocycles. The minimum atomic E-state index is -0.403. The number of hydrogen-bond acceptors (Lipinski definition) is 3. The van der Waals surface area contributed by atoms with Crippen molar-refractivity contribution < 1.29 is 0 Å². The van der Waals surface area contributed by atoms with Gasteiger partial charge in [-0.05, 0) is 12.8 Å². The molecule has 0 radical (unpaired) electrons. The molecule has 0 bridgehead atoms. The Morgan fingerprint density at radius 3 is 2.93 bits per heavy atom. The van der Waals surface area contributed by atoms with E-state index in [1.165, 1.54) is 6.33 Å². The summed E-state index contributed by atoms with van der Waals surface area (Å²) >= 11 is 0. The molecule has 2 heterocycles. The Kier molecular flexibility index (Phi) is 1.26. The smallest absolute Gasteiger partial charge is 0.330 e. The van der Waals surface area contributed by atoms with E-state index in [1.807, 2.05) is 0 Å². The van der Waals surface area contributed by atoms with Gasteiger partial charge in [0.1, 0.15) is 5.52 Å². The summed E-state index contributed by atoms with van der Waals surface area (Å²) in [6.45, 7) is 0. The van der Waals surface area contributed by atoms with E-state index in [0.29, 0.717) is 11.2 Å². The SMILES string of the molecule is O=c1[nH]c(=O)n(C2CC2)c2nc[nH]c12. The zero-order valence-electron chi connectivity index (χ0n) is 7.28. The van der Waals surface area contributed by atoms with Gasteiger partial charge in [0, 0.05) is 6.04 Å². The van der Waals surface area contributed by atoms with Gasteiger partial charge in [-0.2, -0.15) is 0 Å². The van der Waals surface area contributed by atoms with Crippen molar-refractivity contribution in [2.45, 2.75) is 18.9 Å². The Hall–Kier alpha value is -1.85. The second-order valence-corrected chi connectivity index (χ2v) is 3.46. The molecule has 2 N–H and O–H groups in total. The fourth-order valence-corrected chi connectivity index (χ4v) is 1.62. The largest absolute Gasteiger partial charge is 0.339 e. The van der Waals surface area contributed by atoms with Crippen LogP contribution in [0.5, 0.6) is 0 Å². The van der Waals surface area contributed by atoms with Crippen LogP contribution in [0, 0.1) is 0 Å². The lowest BCUT2D eigenvalue weighted by Gasteiger charge is -2.01. The van der Waals surface area contributed by atoms with Gasteiger partial charge in [-0.1, -0.05) is 0 Å². The van der Waals surface area contributed by atoms with E-state index in [2.05, 4.69) is 15.0 Å². The Balaban J connectivity index is 2.52. The lowest BCUT2D eigenvalue weighted by molar-refractivity contribution is 0.701. The Morgan fingerprint density at radius 2 is 2.21 bits per heavy atom. The van der Waals surface area contributed by atoms with E-state index < -0.39 is 5.56 Å². The fourth-order valence-electron chi connectivity index (χ4n) is 1.62. The molecular formula is C8H8N4O2. The van der Waals surface area contributed by atoms with Crippen molar-refractivity contribution in [3.05, 3.63) is 27.2 Å². The highest BCUT2D eigenvalue weighted by molar-refractivity contribution is 5.68. The van der Waals surface area contributed by atoms with Gasteiger partial charge in [0.05, 0.1) is 6.33 Å². The number of H-pyrrole nitrogens is 2. The number of rotatable bonds is 1. The lowest BCUT2D eigenvalue weighted by Crippen LogP contribution is -2.29. The Bertz CT molecular complexity index is 602. The van der Waals surface area contributed by atoms with Gasteiger partial charge >= 0.3 is 5.69 Å². The van der Waals surface area contributed by atoms with Crippen LogP contribution >= 0.6 is 0 Å². The van der Waals surface area contributed by atoms with E-state index in [1.54, 1.807) is 4.57 Å². The molecule has 1 saturated carbocycles. The number of nitrogens with zero attached hydrogens (tertiary/aromatic N) is 2. The highest BCUT2D eigenvalue weighted by atomic mass is 16.2. The molecule has 0 amide bonds. The molecule has 0 saturated heterocycles. The van der Waals surface area contributed by atoms with Crippen molar-refractivity contribution in [2.24, 2.45) is 0 Å². The number of aromatic amines is 2. The Morgan fingerprint density at radius 1 is 1.43 bits per heavy atom. The highest BCUT2D eigenvalue weighted by Crippen LogP contribution is 2.34. The predicted octanol–water partition coefficient (Wildman–Crippen LogP) is -0.252. The van der Waals surface area contributed by atoms with Crippen molar-refractivity contribution in [3.63, 3.8) is 0 Å². The van der Waals surface area contributed by atoms with Crippen LogP contribution in [0.15, 0.2) is 15.9 Å². The average Bonchev–Trinajstić information content (AvgIpc) is 2.81. The second-order valence-electron chi connectivity index (χ2n) is 3.46. The average molecular weight is 192 g/mol. The number of aromatic nitrogens is 4. The summed E-state index contributed by atoms with van der Waals surface area (Å²) in [5, 5.41) is 0. The molecule has 6 nitrogen and oxygen atoms in total. The third-order valence-electron chi connectivity index (χ3n) is 2.43. The topological polar surface area (TPSA) is 83.5 Å². The van der Waals surface area contributed by atoms with Crippen molar-refractivity contribution in [1.29, 1.82) is 0 Å². The van der Waals surface area contributed by atoms with Crippen LogP contribution in [0.25, 0.3) is 11.2 Å². The minimum absolute atomic E-state index is 0.213. The molecule has 1 aliphatic rings. The molecule has 2 aromatic rings. The number of fused-ring (bicyclic) bond motifs is 1. The van der Waals surface area contributed by atoms with Gasteiger partial charge in [0.15, 0.2) is 5.65 Å². The van der Waals surface area contributed by atoms with Crippen LogP contribution in [0.2, 0.25) is 0 Å². The van der Waals surface area contributed by atoms with Crippen LogP contribution in [0.3, 0.4) is 0 Å². The minimum Gasteiger partial charge on any atom is -0.339 e. The summed E-state index contributed by atoms with van der Waals surface area (Å²) in [5.74, 6) is 0. The molecule has 72 valence electrons. The third-order valence-corrected chi connectivity index (χ3v) is 2.43. The lowest BCUT2D eigenvalue weighted by atomic mass is 10.5. The first-order valence-corrected chi connectivity index (χ1v) is 4.45. The highest BCUT2D eigenvalue weighted by Gasteiger charge is 2.27. The van der Waals surface area contributed by atoms with Gasteiger partial charge in [-0.25, -0.2) is 9.78 Å². The van der Waals surface area contributed by atoms with Crippen LogP contribution in [0.4, 0.5) is 0 Å². The maximum Gasteiger partial charge on any atom is 0.330 e. The summed E-state index contributed by atoms with van der Waals surface area (Å²) in [5.41, 5.74) is 0.0641. The van der Waals surface area contributed by atoms with Crippen molar-refractivity contribution in [1.82, 2.24) is 19.5 Å². The zero-order chi connectivity index (χ0) is 9.71. The van der Waals surface area contributed by atoms with E-state index in [4.69, 9.17) is 0 Å². The molecule has 1 aliphatic carbocycles. The molecule has 0 atom stereocenters. The monoisotopic (exact) mass is 192 g/mol. The summed E-state index contributed by atoms with van der Waals surface area (Å²) < 4.78 is 1.55. The number of hydrogen-bond donors (Lipinski definition) is 2. The summed E-state index contributed by atoms with van der Waals surface area (Å²) in [4.78, 5) is 31.8. The maximum absolute atomic E-state index is 11.5. The fraction of sp³-hybridized carbons (Fsp3) is 0.375. The standard InChI is InChI=1S/C8H8N4O2/c13-7-5-6(10-3-9-5)12(4-1-2-4)8(14)11-7/h3-4H,1-2H2,(H,9,10)(H,11,13,14). The van der Waals surface area contributed by atoms with E-state index >= 15 is 0 Å². The van der Waals surface area contributed by atoms with E-state index in [0.717, 1.165) is 12.8 Å². The molecule has 6 heteroatoms. The molecule has 0 spiro atoms. The zero-order valence-corrected chi connectivity index (χ0v) is 7.28. The molecular weight excluding hydrogens is 184 g/mol. The van der Waals surface area contributed by atoms with Gasteiger partial charge in [-0.3, -0.25) is 14.3 Å². The third kappa shape index (κ3) is 0.876. The van der Waals surface area contributed by atoms with Crippen molar-refractivity contribution >= 4 is 11.2 Å².